The molecule has 0 aromatic carbocycles. The molecular weight excluding hydrogens is 330 g/mol. The molecule has 0 aliphatic carbocycles. The highest BCUT2D eigenvalue weighted by molar-refractivity contribution is 5.87. The van der Waals surface area contributed by atoms with Crippen LogP contribution >= 0.6 is 12.4 Å². The van der Waals surface area contributed by atoms with Gasteiger partial charge in [-0.15, -0.1) is 12.4 Å². The molecule has 0 saturated heterocycles. The predicted molar refractivity (Wildman–Crippen MR) is 97.1 cm³/mol. The van der Waals surface area contributed by atoms with Crippen LogP contribution < -0.4 is 16.4 Å². The lowest BCUT2D eigenvalue weighted by molar-refractivity contribution is -0.127. The number of rotatable bonds is 7. The van der Waals surface area contributed by atoms with Crippen molar-refractivity contribution >= 4 is 24.2 Å². The molecule has 1 aromatic heterocycles. The normalized spacial score (nSPS) is 13.2. The number of hydrogen-bond donors (Lipinski definition) is 3. The maximum Gasteiger partial charge on any atom is 0.239 e. The summed E-state index contributed by atoms with van der Waals surface area (Å²) in [6.07, 6.45) is 0.705. The van der Waals surface area contributed by atoms with E-state index in [0.717, 1.165) is 17.0 Å². The number of amides is 2. The Kier molecular flexibility index (Phi) is 8.99. The maximum atomic E-state index is 11.9. The van der Waals surface area contributed by atoms with Crippen LogP contribution in [-0.4, -0.2) is 40.2 Å². The molecule has 1 heterocycles. The summed E-state index contributed by atoms with van der Waals surface area (Å²) in [5.74, 6) is -0.490. The van der Waals surface area contributed by atoms with Gasteiger partial charge in [0.25, 0.3) is 0 Å². The number of nitrogens with zero attached hydrogens (tertiary/aromatic N) is 2. The van der Waals surface area contributed by atoms with Crippen LogP contribution in [0.15, 0.2) is 0 Å². The fourth-order valence-corrected chi connectivity index (χ4v) is 2.38. The first-order chi connectivity index (χ1) is 10.6. The molecule has 0 fully saturated rings. The first-order valence-electron chi connectivity index (χ1n) is 7.95. The molecular formula is C16H30ClN5O2. The van der Waals surface area contributed by atoms with Crippen LogP contribution in [-0.2, 0) is 23.1 Å². The summed E-state index contributed by atoms with van der Waals surface area (Å²) in [4.78, 5) is 23.7. The van der Waals surface area contributed by atoms with Crippen molar-refractivity contribution in [1.29, 1.82) is 0 Å². The van der Waals surface area contributed by atoms with Crippen LogP contribution in [0.5, 0.6) is 0 Å². The molecule has 2 atom stereocenters. The second-order valence-corrected chi connectivity index (χ2v) is 6.43. The van der Waals surface area contributed by atoms with Crippen molar-refractivity contribution in [1.82, 2.24) is 20.4 Å². The van der Waals surface area contributed by atoms with E-state index in [9.17, 15) is 9.59 Å². The lowest BCUT2D eigenvalue weighted by Crippen LogP contribution is -2.48. The van der Waals surface area contributed by atoms with Crippen molar-refractivity contribution in [3.05, 3.63) is 17.0 Å². The van der Waals surface area contributed by atoms with E-state index >= 15 is 0 Å². The third-order valence-electron chi connectivity index (χ3n) is 4.02. The van der Waals surface area contributed by atoms with E-state index < -0.39 is 6.04 Å². The summed E-state index contributed by atoms with van der Waals surface area (Å²) < 4.78 is 1.84. The third kappa shape index (κ3) is 6.13. The Labute approximate surface area is 150 Å². The molecule has 8 heteroatoms. The maximum absolute atomic E-state index is 11.9. The van der Waals surface area contributed by atoms with Gasteiger partial charge in [0, 0.05) is 18.8 Å². The Balaban J connectivity index is 0.00000529. The first-order valence-corrected chi connectivity index (χ1v) is 7.95. The molecule has 0 spiro atoms. The van der Waals surface area contributed by atoms with Gasteiger partial charge in [0.05, 0.1) is 18.3 Å². The molecule has 0 bridgehead atoms. The third-order valence-corrected chi connectivity index (χ3v) is 4.02. The highest BCUT2D eigenvalue weighted by Gasteiger charge is 2.19. The molecule has 0 aliphatic heterocycles. The molecule has 0 saturated carbocycles. The predicted octanol–water partition coefficient (Wildman–Crippen LogP) is 0.605. The number of hydrogen-bond acceptors (Lipinski definition) is 4. The number of aromatic nitrogens is 2. The number of halogens is 1. The molecule has 2 amide bonds. The van der Waals surface area contributed by atoms with Crippen LogP contribution in [0, 0.1) is 19.8 Å². The second kappa shape index (κ2) is 9.64. The number of nitrogens with one attached hydrogen (secondary N) is 2. The van der Waals surface area contributed by atoms with Gasteiger partial charge in [-0.05, 0) is 38.7 Å². The van der Waals surface area contributed by atoms with Gasteiger partial charge in [-0.25, -0.2) is 0 Å². The highest BCUT2D eigenvalue weighted by atomic mass is 35.5. The molecule has 24 heavy (non-hydrogen) atoms. The molecule has 1 rings (SSSR count). The van der Waals surface area contributed by atoms with Gasteiger partial charge in [0.1, 0.15) is 0 Å². The fourth-order valence-electron chi connectivity index (χ4n) is 2.38. The molecule has 4 N–H and O–H groups in total. The zero-order valence-corrected chi connectivity index (χ0v) is 16.2. The number of aryl methyl sites for hydroxylation is 2. The van der Waals surface area contributed by atoms with Crippen molar-refractivity contribution < 1.29 is 9.59 Å². The van der Waals surface area contributed by atoms with E-state index in [2.05, 4.69) is 15.7 Å². The van der Waals surface area contributed by atoms with Gasteiger partial charge >= 0.3 is 0 Å². The molecule has 1 aromatic rings. The van der Waals surface area contributed by atoms with Gasteiger partial charge in [0.15, 0.2) is 0 Å². The standard InChI is InChI=1S/C16H29N5O2.ClH/c1-9(2)15(17)16(23)18-8-14(22)19-10(3)7-13-11(4)20-21(6)12(13)5;/h9-10,15H,7-8,17H2,1-6H3,(H,18,23)(H,19,22);1H/t10?,15-;/m0./s1. The van der Waals surface area contributed by atoms with E-state index in [4.69, 9.17) is 5.73 Å². The number of carbonyl (C=O) groups excluding carboxylic acids is 2. The van der Waals surface area contributed by atoms with Crippen molar-refractivity contribution in [2.75, 3.05) is 6.54 Å². The lowest BCUT2D eigenvalue weighted by Gasteiger charge is -2.17. The van der Waals surface area contributed by atoms with Crippen LogP contribution in [0.2, 0.25) is 0 Å². The molecule has 0 aliphatic rings. The Bertz CT molecular complexity index is 571. The summed E-state index contributed by atoms with van der Waals surface area (Å²) in [5.41, 5.74) is 8.95. The summed E-state index contributed by atoms with van der Waals surface area (Å²) in [5, 5.41) is 9.82. The Morgan fingerprint density at radius 3 is 2.29 bits per heavy atom. The monoisotopic (exact) mass is 359 g/mol. The second-order valence-electron chi connectivity index (χ2n) is 6.43. The minimum absolute atomic E-state index is 0. The minimum Gasteiger partial charge on any atom is -0.352 e. The van der Waals surface area contributed by atoms with Crippen LogP contribution in [0.1, 0.15) is 37.7 Å². The lowest BCUT2D eigenvalue weighted by atomic mass is 10.0. The summed E-state index contributed by atoms with van der Waals surface area (Å²) in [6, 6.07) is -0.638. The van der Waals surface area contributed by atoms with E-state index in [1.54, 1.807) is 0 Å². The summed E-state index contributed by atoms with van der Waals surface area (Å²) in [7, 11) is 1.91. The van der Waals surface area contributed by atoms with Gasteiger partial charge in [-0.2, -0.15) is 5.10 Å². The smallest absolute Gasteiger partial charge is 0.239 e. The minimum atomic E-state index is -0.596. The zero-order chi connectivity index (χ0) is 17.7. The topological polar surface area (TPSA) is 102 Å². The van der Waals surface area contributed by atoms with Crippen molar-refractivity contribution in [3.63, 3.8) is 0 Å². The van der Waals surface area contributed by atoms with Crippen LogP contribution in [0.4, 0.5) is 0 Å². The average molecular weight is 360 g/mol. The van der Waals surface area contributed by atoms with Crippen molar-refractivity contribution in [2.24, 2.45) is 18.7 Å². The Morgan fingerprint density at radius 2 is 1.83 bits per heavy atom. The van der Waals surface area contributed by atoms with Crippen molar-refractivity contribution in [3.8, 4) is 0 Å². The van der Waals surface area contributed by atoms with Gasteiger partial charge in [-0.1, -0.05) is 13.8 Å². The van der Waals surface area contributed by atoms with E-state index in [1.165, 1.54) is 0 Å². The summed E-state index contributed by atoms with van der Waals surface area (Å²) in [6.45, 7) is 9.58. The quantitative estimate of drug-likeness (QED) is 0.663. The van der Waals surface area contributed by atoms with Gasteiger partial charge in [0.2, 0.25) is 11.8 Å². The number of carbonyl (C=O) groups is 2. The molecule has 0 radical (unpaired) electrons. The Morgan fingerprint density at radius 1 is 1.25 bits per heavy atom. The largest absolute Gasteiger partial charge is 0.352 e. The van der Waals surface area contributed by atoms with E-state index in [0.29, 0.717) is 6.42 Å². The SMILES string of the molecule is Cc1nn(C)c(C)c1CC(C)NC(=O)CNC(=O)[C@@H](N)C(C)C.Cl. The van der Waals surface area contributed by atoms with Crippen molar-refractivity contribution in [2.45, 2.75) is 53.1 Å². The molecule has 1 unspecified atom stereocenters. The Hall–Kier alpha value is -1.60. The molecule has 138 valence electrons. The zero-order valence-electron chi connectivity index (χ0n) is 15.3. The molecule has 7 nitrogen and oxygen atoms in total. The fraction of sp³-hybridized carbons (Fsp3) is 0.688. The first kappa shape index (κ1) is 22.4. The van der Waals surface area contributed by atoms with Crippen LogP contribution in [0.3, 0.4) is 0 Å². The van der Waals surface area contributed by atoms with Gasteiger partial charge < -0.3 is 16.4 Å². The van der Waals surface area contributed by atoms with E-state index in [1.807, 2.05) is 46.3 Å². The highest BCUT2D eigenvalue weighted by Crippen LogP contribution is 2.14. The van der Waals surface area contributed by atoms with Crippen LogP contribution in [0.25, 0.3) is 0 Å². The average Bonchev–Trinajstić information content (AvgIpc) is 2.70. The number of nitrogens with two attached hydrogens (primary N) is 1. The van der Waals surface area contributed by atoms with E-state index in [-0.39, 0.29) is 42.7 Å². The van der Waals surface area contributed by atoms with Gasteiger partial charge in [-0.3, -0.25) is 14.3 Å². The summed E-state index contributed by atoms with van der Waals surface area (Å²) >= 11 is 0.